The predicted octanol–water partition coefficient (Wildman–Crippen LogP) is 6.02. The Kier molecular flexibility index (Phi) is 4.78. The number of ether oxygens (including phenoxy) is 1. The van der Waals surface area contributed by atoms with Gasteiger partial charge in [0, 0.05) is 20.2 Å². The van der Waals surface area contributed by atoms with E-state index < -0.39 is 0 Å². The Bertz CT molecular complexity index is 1060. The third-order valence-electron chi connectivity index (χ3n) is 4.05. The number of benzene rings is 2. The molecule has 0 atom stereocenters. The molecule has 0 unspecified atom stereocenters. The molecule has 0 saturated carbocycles. The van der Waals surface area contributed by atoms with E-state index in [1.165, 1.54) is 3.57 Å². The van der Waals surface area contributed by atoms with Gasteiger partial charge in [-0.2, -0.15) is 0 Å². The van der Waals surface area contributed by atoms with Gasteiger partial charge in [0.15, 0.2) is 0 Å². The number of hydrogen-bond donors (Lipinski definition) is 1. The molecular weight excluding hydrogens is 457 g/mol. The van der Waals surface area contributed by atoms with Crippen LogP contribution in [0, 0.1) is 10.5 Å². The van der Waals surface area contributed by atoms with Crippen LogP contribution in [0.15, 0.2) is 53.9 Å². The molecule has 0 saturated heterocycles. The van der Waals surface area contributed by atoms with Crippen LogP contribution in [0.4, 0.5) is 11.5 Å². The number of thiophene rings is 1. The molecule has 130 valence electrons. The smallest absolute Gasteiger partial charge is 0.143 e. The Balaban J connectivity index is 1.83. The van der Waals surface area contributed by atoms with Gasteiger partial charge in [0.25, 0.3) is 0 Å². The van der Waals surface area contributed by atoms with Crippen molar-refractivity contribution >= 4 is 55.6 Å². The molecule has 0 fully saturated rings. The number of methoxy groups -OCH3 is 1. The zero-order chi connectivity index (χ0) is 18.1. The summed E-state index contributed by atoms with van der Waals surface area (Å²) < 4.78 is 6.47. The monoisotopic (exact) mass is 473 g/mol. The topological polar surface area (TPSA) is 47.0 Å². The van der Waals surface area contributed by atoms with E-state index in [-0.39, 0.29) is 0 Å². The van der Waals surface area contributed by atoms with E-state index in [0.717, 1.165) is 44.4 Å². The number of halogens is 1. The van der Waals surface area contributed by atoms with Crippen LogP contribution in [0.2, 0.25) is 0 Å². The fraction of sp³-hybridized carbons (Fsp3) is 0.100. The minimum atomic E-state index is 0.758. The van der Waals surface area contributed by atoms with E-state index in [4.69, 9.17) is 4.74 Å². The van der Waals surface area contributed by atoms with Crippen LogP contribution in [0.3, 0.4) is 0 Å². The van der Waals surface area contributed by atoms with Crippen LogP contribution in [0.25, 0.3) is 21.3 Å². The molecule has 0 spiro atoms. The first kappa shape index (κ1) is 17.2. The number of nitrogens with zero attached hydrogens (tertiary/aromatic N) is 2. The fourth-order valence-electron chi connectivity index (χ4n) is 2.79. The highest BCUT2D eigenvalue weighted by Gasteiger charge is 2.15. The Morgan fingerprint density at radius 2 is 1.73 bits per heavy atom. The molecule has 4 nitrogen and oxygen atoms in total. The molecular formula is C20H16IN3OS. The lowest BCUT2D eigenvalue weighted by molar-refractivity contribution is 0.415. The van der Waals surface area contributed by atoms with Crippen molar-refractivity contribution in [3.8, 4) is 16.9 Å². The first-order chi connectivity index (χ1) is 12.6. The normalized spacial score (nSPS) is 10.9. The first-order valence-corrected chi connectivity index (χ1v) is 10.0. The van der Waals surface area contributed by atoms with Crippen LogP contribution >= 0.6 is 33.9 Å². The second kappa shape index (κ2) is 7.20. The molecule has 4 aromatic rings. The molecule has 26 heavy (non-hydrogen) atoms. The lowest BCUT2D eigenvalue weighted by Gasteiger charge is -2.10. The summed E-state index contributed by atoms with van der Waals surface area (Å²) in [4.78, 5) is 10.3. The molecule has 2 heterocycles. The number of hydrogen-bond acceptors (Lipinski definition) is 5. The Morgan fingerprint density at radius 1 is 1.00 bits per heavy atom. The second-order valence-corrected chi connectivity index (χ2v) is 7.91. The van der Waals surface area contributed by atoms with Crippen LogP contribution in [0.5, 0.6) is 5.75 Å². The van der Waals surface area contributed by atoms with Crippen molar-refractivity contribution < 1.29 is 4.74 Å². The second-order valence-electron chi connectivity index (χ2n) is 5.81. The van der Waals surface area contributed by atoms with Gasteiger partial charge in [-0.25, -0.2) is 9.97 Å². The van der Waals surface area contributed by atoms with E-state index in [1.807, 2.05) is 19.1 Å². The highest BCUT2D eigenvalue weighted by molar-refractivity contribution is 14.1. The van der Waals surface area contributed by atoms with Crippen molar-refractivity contribution in [3.63, 3.8) is 0 Å². The van der Waals surface area contributed by atoms with E-state index >= 15 is 0 Å². The number of fused-ring (bicyclic) bond motifs is 1. The van der Waals surface area contributed by atoms with Gasteiger partial charge in [-0.1, -0.05) is 12.1 Å². The van der Waals surface area contributed by atoms with Gasteiger partial charge in [0.1, 0.15) is 22.2 Å². The number of aromatic nitrogens is 2. The summed E-state index contributed by atoms with van der Waals surface area (Å²) in [6.45, 7) is 1.92. The maximum absolute atomic E-state index is 5.27. The SMILES string of the molecule is COc1ccc(-c2csc3nc(C)nc(Nc4ccc(I)cc4)c23)cc1. The minimum absolute atomic E-state index is 0.758. The van der Waals surface area contributed by atoms with Crippen molar-refractivity contribution in [1.29, 1.82) is 0 Å². The summed E-state index contributed by atoms with van der Waals surface area (Å²) in [6.07, 6.45) is 0. The van der Waals surface area contributed by atoms with Crippen molar-refractivity contribution in [3.05, 3.63) is 63.3 Å². The van der Waals surface area contributed by atoms with Crippen molar-refractivity contribution in [1.82, 2.24) is 9.97 Å². The van der Waals surface area contributed by atoms with Crippen molar-refractivity contribution in [2.45, 2.75) is 6.92 Å². The van der Waals surface area contributed by atoms with Gasteiger partial charge in [-0.15, -0.1) is 11.3 Å². The van der Waals surface area contributed by atoms with Crippen LogP contribution in [-0.2, 0) is 0 Å². The predicted molar refractivity (Wildman–Crippen MR) is 117 cm³/mol. The van der Waals surface area contributed by atoms with E-state index in [2.05, 4.69) is 79.7 Å². The molecule has 1 N–H and O–H groups in total. The average Bonchev–Trinajstić information content (AvgIpc) is 3.07. The van der Waals surface area contributed by atoms with Crippen LogP contribution in [0.1, 0.15) is 5.82 Å². The van der Waals surface area contributed by atoms with Crippen LogP contribution < -0.4 is 10.1 Å². The van der Waals surface area contributed by atoms with E-state index in [0.29, 0.717) is 0 Å². The number of anilines is 2. The lowest BCUT2D eigenvalue weighted by Crippen LogP contribution is -1.98. The quantitative estimate of drug-likeness (QED) is 0.368. The molecule has 2 aromatic carbocycles. The molecule has 0 radical (unpaired) electrons. The number of aryl methyl sites for hydroxylation is 1. The highest BCUT2D eigenvalue weighted by atomic mass is 127. The standard InChI is InChI=1S/C20H16IN3OS/c1-12-22-19(24-15-7-5-14(21)6-8-15)18-17(11-26-20(18)23-12)13-3-9-16(25-2)10-4-13/h3-11H,1-2H3,(H,22,23,24). The maximum atomic E-state index is 5.27. The third-order valence-corrected chi connectivity index (χ3v) is 5.64. The van der Waals surface area contributed by atoms with Gasteiger partial charge in [0.05, 0.1) is 12.5 Å². The van der Waals surface area contributed by atoms with Crippen LogP contribution in [-0.4, -0.2) is 17.1 Å². The Labute approximate surface area is 169 Å². The van der Waals surface area contributed by atoms with Crippen molar-refractivity contribution in [2.75, 3.05) is 12.4 Å². The highest BCUT2D eigenvalue weighted by Crippen LogP contribution is 2.38. The zero-order valence-corrected chi connectivity index (χ0v) is 17.3. The van der Waals surface area contributed by atoms with E-state index in [1.54, 1.807) is 18.4 Å². The summed E-state index contributed by atoms with van der Waals surface area (Å²) >= 11 is 3.94. The molecule has 0 aliphatic rings. The summed E-state index contributed by atoms with van der Waals surface area (Å²) in [5.74, 6) is 2.44. The largest absolute Gasteiger partial charge is 0.497 e. The fourth-order valence-corrected chi connectivity index (χ4v) is 4.14. The van der Waals surface area contributed by atoms with Crippen molar-refractivity contribution in [2.24, 2.45) is 0 Å². The first-order valence-electron chi connectivity index (χ1n) is 8.07. The number of rotatable bonds is 4. The molecule has 0 aliphatic carbocycles. The summed E-state index contributed by atoms with van der Waals surface area (Å²) in [6, 6.07) is 16.3. The third kappa shape index (κ3) is 3.39. The summed E-state index contributed by atoms with van der Waals surface area (Å²) in [7, 11) is 1.68. The number of nitrogens with one attached hydrogen (secondary N) is 1. The molecule has 0 amide bonds. The summed E-state index contributed by atoms with van der Waals surface area (Å²) in [5.41, 5.74) is 3.26. The minimum Gasteiger partial charge on any atom is -0.497 e. The van der Waals surface area contributed by atoms with Gasteiger partial charge in [0.2, 0.25) is 0 Å². The van der Waals surface area contributed by atoms with E-state index in [9.17, 15) is 0 Å². The lowest BCUT2D eigenvalue weighted by atomic mass is 10.1. The summed E-state index contributed by atoms with van der Waals surface area (Å²) in [5, 5.41) is 6.65. The zero-order valence-electron chi connectivity index (χ0n) is 14.3. The Hall–Kier alpha value is -2.19. The Morgan fingerprint density at radius 3 is 2.42 bits per heavy atom. The molecule has 2 aromatic heterocycles. The maximum Gasteiger partial charge on any atom is 0.143 e. The van der Waals surface area contributed by atoms with Gasteiger partial charge in [-0.05, 0) is 71.5 Å². The molecule has 0 bridgehead atoms. The van der Waals surface area contributed by atoms with Gasteiger partial charge < -0.3 is 10.1 Å². The molecule has 4 rings (SSSR count). The molecule has 6 heteroatoms. The average molecular weight is 473 g/mol. The van der Waals surface area contributed by atoms with Gasteiger partial charge in [-0.3, -0.25) is 0 Å². The molecule has 0 aliphatic heterocycles. The van der Waals surface area contributed by atoms with Gasteiger partial charge >= 0.3 is 0 Å².